The molecule has 0 aliphatic carbocycles. The van der Waals surface area contributed by atoms with Crippen LogP contribution in [0.5, 0.6) is 0 Å². The van der Waals surface area contributed by atoms with E-state index in [9.17, 15) is 15.0 Å². The zero-order chi connectivity index (χ0) is 12.1. The van der Waals surface area contributed by atoms with Crippen LogP contribution in [0, 0.1) is 6.92 Å². The van der Waals surface area contributed by atoms with Gasteiger partial charge >= 0.3 is 0 Å². The lowest BCUT2D eigenvalue weighted by molar-refractivity contribution is -0.109. The first-order valence-electron chi connectivity index (χ1n) is 5.06. The maximum Gasteiger partial charge on any atom is 0.185 e. The first-order chi connectivity index (χ1) is 7.52. The molecule has 0 amide bonds. The Kier molecular flexibility index (Phi) is 5.48. The number of aliphatic hydroxyl groups is 2. The van der Waals surface area contributed by atoms with Gasteiger partial charge < -0.3 is 10.2 Å². The molecule has 0 saturated heterocycles. The van der Waals surface area contributed by atoms with E-state index >= 15 is 0 Å². The molecule has 0 saturated carbocycles. The zero-order valence-electron chi connectivity index (χ0n) is 9.34. The summed E-state index contributed by atoms with van der Waals surface area (Å²) in [7, 11) is 0. The molecule has 2 N–H and O–H groups in total. The van der Waals surface area contributed by atoms with Gasteiger partial charge in [-0.25, -0.2) is 0 Å². The molecular weight excluding hydrogens is 244 g/mol. The van der Waals surface area contributed by atoms with Crippen LogP contribution in [-0.4, -0.2) is 27.2 Å². The van der Waals surface area contributed by atoms with Gasteiger partial charge in [0, 0.05) is 17.6 Å². The maximum atomic E-state index is 10.7. The fourth-order valence-electron chi connectivity index (χ4n) is 1.34. The molecule has 0 aliphatic heterocycles. The quantitative estimate of drug-likeness (QED) is 0.851. The van der Waals surface area contributed by atoms with E-state index in [1.807, 2.05) is 18.4 Å². The van der Waals surface area contributed by atoms with Crippen LogP contribution >= 0.6 is 23.1 Å². The molecule has 1 aromatic heterocycles. The van der Waals surface area contributed by atoms with Gasteiger partial charge in [-0.2, -0.15) is 0 Å². The highest BCUT2D eigenvalue weighted by Crippen LogP contribution is 2.27. The second kappa shape index (κ2) is 6.39. The van der Waals surface area contributed by atoms with E-state index in [0.717, 1.165) is 10.4 Å². The largest absolute Gasteiger partial charge is 0.390 e. The van der Waals surface area contributed by atoms with Crippen LogP contribution in [0.2, 0.25) is 0 Å². The lowest BCUT2D eigenvalue weighted by atomic mass is 10.1. The normalized spacial score (nSPS) is 14.8. The smallest absolute Gasteiger partial charge is 0.185 e. The van der Waals surface area contributed by atoms with Crippen molar-refractivity contribution in [1.29, 1.82) is 0 Å². The molecule has 0 spiro atoms. The Hall–Kier alpha value is -0.360. The predicted molar refractivity (Wildman–Crippen MR) is 67.8 cm³/mol. The Bertz CT molecular complexity index is 349. The summed E-state index contributed by atoms with van der Waals surface area (Å²) in [5.74, 6) is 0.540. The molecule has 0 aromatic carbocycles. The van der Waals surface area contributed by atoms with Crippen molar-refractivity contribution in [3.8, 4) is 0 Å². The van der Waals surface area contributed by atoms with E-state index in [-0.39, 0.29) is 5.12 Å². The van der Waals surface area contributed by atoms with Gasteiger partial charge in [0.05, 0.1) is 6.10 Å². The fraction of sp³-hybridized carbons (Fsp3) is 0.545. The van der Waals surface area contributed by atoms with Crippen molar-refractivity contribution >= 4 is 28.2 Å². The van der Waals surface area contributed by atoms with Gasteiger partial charge in [0.15, 0.2) is 5.12 Å². The van der Waals surface area contributed by atoms with Crippen LogP contribution in [0.1, 0.15) is 29.9 Å². The summed E-state index contributed by atoms with van der Waals surface area (Å²) >= 11 is 2.61. The van der Waals surface area contributed by atoms with E-state index < -0.39 is 12.2 Å². The SMILES string of the molecule is CC(=O)SCCC(O)C(O)c1sccc1C. The predicted octanol–water partition coefficient (Wildman–Crippen LogP) is 2.12. The molecule has 0 fully saturated rings. The van der Waals surface area contributed by atoms with Gasteiger partial charge in [0.2, 0.25) is 0 Å². The molecular formula is C11H16O3S2. The maximum absolute atomic E-state index is 10.7. The molecule has 0 bridgehead atoms. The van der Waals surface area contributed by atoms with Crippen LogP contribution in [-0.2, 0) is 4.79 Å². The van der Waals surface area contributed by atoms with Gasteiger partial charge in [0.25, 0.3) is 0 Å². The van der Waals surface area contributed by atoms with E-state index in [4.69, 9.17) is 0 Å². The summed E-state index contributed by atoms with van der Waals surface area (Å²) < 4.78 is 0. The number of carbonyl (C=O) groups is 1. The molecule has 2 atom stereocenters. The Morgan fingerprint density at radius 3 is 2.75 bits per heavy atom. The average Bonchev–Trinajstić information content (AvgIpc) is 2.62. The molecule has 1 aromatic rings. The molecule has 2 unspecified atom stereocenters. The van der Waals surface area contributed by atoms with Crippen molar-refractivity contribution in [2.75, 3.05) is 5.75 Å². The second-order valence-electron chi connectivity index (χ2n) is 3.61. The molecule has 90 valence electrons. The standard InChI is InChI=1S/C11H16O3S2/c1-7-3-5-16-11(7)10(14)9(13)4-6-15-8(2)12/h3,5,9-10,13-14H,4,6H2,1-2H3. The highest BCUT2D eigenvalue weighted by Gasteiger charge is 2.20. The van der Waals surface area contributed by atoms with Crippen molar-refractivity contribution in [3.05, 3.63) is 21.9 Å². The van der Waals surface area contributed by atoms with Crippen LogP contribution in [0.15, 0.2) is 11.4 Å². The average molecular weight is 260 g/mol. The van der Waals surface area contributed by atoms with Crippen molar-refractivity contribution < 1.29 is 15.0 Å². The Morgan fingerprint density at radius 1 is 1.56 bits per heavy atom. The molecule has 1 heterocycles. The van der Waals surface area contributed by atoms with Crippen LogP contribution in [0.4, 0.5) is 0 Å². The Morgan fingerprint density at radius 2 is 2.25 bits per heavy atom. The molecule has 16 heavy (non-hydrogen) atoms. The van der Waals surface area contributed by atoms with Crippen molar-refractivity contribution in [3.63, 3.8) is 0 Å². The summed E-state index contributed by atoms with van der Waals surface area (Å²) in [6.07, 6.45) is -1.22. The van der Waals surface area contributed by atoms with Gasteiger partial charge in [0.1, 0.15) is 6.10 Å². The lowest BCUT2D eigenvalue weighted by Crippen LogP contribution is -2.18. The van der Waals surface area contributed by atoms with E-state index in [1.165, 1.54) is 30.0 Å². The number of hydrogen-bond donors (Lipinski definition) is 2. The minimum Gasteiger partial charge on any atom is -0.390 e. The minimum absolute atomic E-state index is 0.0361. The topological polar surface area (TPSA) is 57.5 Å². The van der Waals surface area contributed by atoms with Crippen LogP contribution < -0.4 is 0 Å². The third kappa shape index (κ3) is 3.90. The van der Waals surface area contributed by atoms with Gasteiger partial charge in [-0.15, -0.1) is 11.3 Å². The zero-order valence-corrected chi connectivity index (χ0v) is 11.0. The third-order valence-corrected chi connectivity index (χ3v) is 4.19. The first kappa shape index (κ1) is 13.7. The summed E-state index contributed by atoms with van der Waals surface area (Å²) in [6, 6.07) is 1.92. The summed E-state index contributed by atoms with van der Waals surface area (Å²) in [4.78, 5) is 11.5. The molecule has 1 rings (SSSR count). The van der Waals surface area contributed by atoms with Gasteiger partial charge in [-0.1, -0.05) is 11.8 Å². The molecule has 3 nitrogen and oxygen atoms in total. The second-order valence-corrected chi connectivity index (χ2v) is 5.83. The highest BCUT2D eigenvalue weighted by atomic mass is 32.2. The highest BCUT2D eigenvalue weighted by molar-refractivity contribution is 8.13. The third-order valence-electron chi connectivity index (χ3n) is 2.25. The number of rotatable bonds is 5. The Balaban J connectivity index is 2.45. The number of thioether (sulfide) groups is 1. The van der Waals surface area contributed by atoms with E-state index in [2.05, 4.69) is 0 Å². The minimum atomic E-state index is -0.840. The summed E-state index contributed by atoms with van der Waals surface area (Å²) in [5.41, 5.74) is 0.996. The molecule has 0 radical (unpaired) electrons. The lowest BCUT2D eigenvalue weighted by Gasteiger charge is -2.17. The van der Waals surface area contributed by atoms with E-state index in [0.29, 0.717) is 12.2 Å². The summed E-state index contributed by atoms with van der Waals surface area (Å²) in [5, 5.41) is 21.6. The van der Waals surface area contributed by atoms with Crippen LogP contribution in [0.25, 0.3) is 0 Å². The fourth-order valence-corrected chi connectivity index (χ4v) is 2.96. The number of aliphatic hydroxyl groups excluding tert-OH is 2. The Labute approximate surface area is 103 Å². The summed E-state index contributed by atoms with van der Waals surface area (Å²) in [6.45, 7) is 3.41. The van der Waals surface area contributed by atoms with Crippen LogP contribution in [0.3, 0.4) is 0 Å². The van der Waals surface area contributed by atoms with Gasteiger partial charge in [-0.3, -0.25) is 4.79 Å². The number of carbonyl (C=O) groups excluding carboxylic acids is 1. The van der Waals surface area contributed by atoms with Crippen molar-refractivity contribution in [2.45, 2.75) is 32.5 Å². The van der Waals surface area contributed by atoms with E-state index in [1.54, 1.807) is 0 Å². The first-order valence-corrected chi connectivity index (χ1v) is 6.92. The van der Waals surface area contributed by atoms with Crippen molar-refractivity contribution in [2.24, 2.45) is 0 Å². The number of thiophene rings is 1. The monoisotopic (exact) mass is 260 g/mol. The number of hydrogen-bond acceptors (Lipinski definition) is 5. The van der Waals surface area contributed by atoms with Gasteiger partial charge in [-0.05, 0) is 30.4 Å². The molecule has 0 aliphatic rings. The number of aryl methyl sites for hydroxylation is 1. The van der Waals surface area contributed by atoms with Crippen molar-refractivity contribution in [1.82, 2.24) is 0 Å². The molecule has 5 heteroatoms.